The van der Waals surface area contributed by atoms with Crippen LogP contribution in [0.15, 0.2) is 46.6 Å². The van der Waals surface area contributed by atoms with Gasteiger partial charge in [-0.25, -0.2) is 0 Å². The summed E-state index contributed by atoms with van der Waals surface area (Å²) >= 11 is 6.00. The molecule has 0 radical (unpaired) electrons. The molecule has 2 aromatic carbocycles. The van der Waals surface area contributed by atoms with Crippen LogP contribution in [0.1, 0.15) is 5.56 Å². The normalized spacial score (nSPS) is 11.1. The van der Waals surface area contributed by atoms with E-state index in [-0.39, 0.29) is 13.2 Å². The number of nitrogens with zero attached hydrogens (tertiary/aromatic N) is 3. The Morgan fingerprint density at radius 3 is 2.28 bits per heavy atom. The molecule has 25 heavy (non-hydrogen) atoms. The number of anilines is 1. The molecule has 2 aromatic rings. The number of aryl methyl sites for hydroxylation is 1. The van der Waals surface area contributed by atoms with E-state index in [1.165, 1.54) is 0 Å². The third kappa shape index (κ3) is 5.16. The van der Waals surface area contributed by atoms with Gasteiger partial charge in [-0.05, 0) is 48.9 Å². The molecule has 0 heterocycles. The first-order chi connectivity index (χ1) is 12.1. The van der Waals surface area contributed by atoms with Gasteiger partial charge in [0, 0.05) is 23.8 Å². The van der Waals surface area contributed by atoms with Gasteiger partial charge in [-0.15, -0.1) is 5.11 Å². The summed E-state index contributed by atoms with van der Waals surface area (Å²) in [5.74, 6) is 0.597. The highest BCUT2D eigenvalue weighted by atomic mass is 35.5. The molecule has 0 spiro atoms. The summed E-state index contributed by atoms with van der Waals surface area (Å²) in [7, 11) is 1.57. The van der Waals surface area contributed by atoms with Crippen LogP contribution in [0.3, 0.4) is 0 Å². The van der Waals surface area contributed by atoms with Crippen LogP contribution >= 0.6 is 11.6 Å². The summed E-state index contributed by atoms with van der Waals surface area (Å²) in [5, 5.41) is 27.4. The van der Waals surface area contributed by atoms with Gasteiger partial charge in [0.05, 0.1) is 26.0 Å². The van der Waals surface area contributed by atoms with Gasteiger partial charge < -0.3 is 19.8 Å². The van der Waals surface area contributed by atoms with Crippen molar-refractivity contribution in [2.24, 2.45) is 10.2 Å². The van der Waals surface area contributed by atoms with E-state index in [9.17, 15) is 0 Å². The van der Waals surface area contributed by atoms with Crippen LogP contribution in [0.25, 0.3) is 0 Å². The van der Waals surface area contributed by atoms with Crippen molar-refractivity contribution in [2.45, 2.75) is 6.92 Å². The number of benzene rings is 2. The fourth-order valence-corrected chi connectivity index (χ4v) is 2.58. The first-order valence-electron chi connectivity index (χ1n) is 7.91. The lowest BCUT2D eigenvalue weighted by atomic mass is 10.1. The van der Waals surface area contributed by atoms with E-state index in [0.717, 1.165) is 16.9 Å². The highest BCUT2D eigenvalue weighted by molar-refractivity contribution is 6.30. The van der Waals surface area contributed by atoms with Crippen molar-refractivity contribution in [2.75, 3.05) is 38.3 Å². The number of methoxy groups -OCH3 is 1. The van der Waals surface area contributed by atoms with E-state index >= 15 is 0 Å². The number of aliphatic hydroxyl groups is 2. The topological polar surface area (TPSA) is 77.7 Å². The summed E-state index contributed by atoms with van der Waals surface area (Å²) in [6.07, 6.45) is 0. The number of hydrogen-bond donors (Lipinski definition) is 2. The minimum atomic E-state index is 0.0229. The van der Waals surface area contributed by atoms with Crippen molar-refractivity contribution in [3.05, 3.63) is 47.0 Å². The Labute approximate surface area is 152 Å². The van der Waals surface area contributed by atoms with Crippen LogP contribution in [0.5, 0.6) is 5.75 Å². The van der Waals surface area contributed by atoms with Gasteiger partial charge in [-0.2, -0.15) is 5.11 Å². The Balaban J connectivity index is 2.25. The first-order valence-corrected chi connectivity index (χ1v) is 8.29. The number of halogens is 1. The third-order valence-corrected chi connectivity index (χ3v) is 3.93. The molecule has 0 bridgehead atoms. The van der Waals surface area contributed by atoms with Gasteiger partial charge in [-0.1, -0.05) is 11.6 Å². The van der Waals surface area contributed by atoms with Crippen LogP contribution in [-0.4, -0.2) is 43.6 Å². The summed E-state index contributed by atoms with van der Waals surface area (Å²) in [4.78, 5) is 1.91. The van der Waals surface area contributed by atoms with Crippen LogP contribution in [0.2, 0.25) is 5.02 Å². The Kier molecular flexibility index (Phi) is 7.18. The summed E-state index contributed by atoms with van der Waals surface area (Å²) in [6.45, 7) is 2.90. The van der Waals surface area contributed by atoms with Gasteiger partial charge in [0.1, 0.15) is 11.4 Å². The molecule has 0 aromatic heterocycles. The average Bonchev–Trinajstić information content (AvgIpc) is 2.60. The number of hydrogen-bond acceptors (Lipinski definition) is 6. The van der Waals surface area contributed by atoms with Crippen LogP contribution in [0.4, 0.5) is 17.1 Å². The van der Waals surface area contributed by atoms with Crippen molar-refractivity contribution in [3.63, 3.8) is 0 Å². The molecule has 6 nitrogen and oxygen atoms in total. The van der Waals surface area contributed by atoms with Crippen LogP contribution in [-0.2, 0) is 0 Å². The Bertz CT molecular complexity index is 732. The molecule has 2 rings (SSSR count). The molecule has 0 aliphatic heterocycles. The Morgan fingerprint density at radius 1 is 1.00 bits per heavy atom. The van der Waals surface area contributed by atoms with Crippen molar-refractivity contribution < 1.29 is 14.9 Å². The minimum absolute atomic E-state index is 0.0229. The Morgan fingerprint density at radius 2 is 1.68 bits per heavy atom. The molecule has 2 N–H and O–H groups in total. The van der Waals surface area contributed by atoms with E-state index in [2.05, 4.69) is 10.2 Å². The smallest absolute Gasteiger partial charge is 0.146 e. The lowest BCUT2D eigenvalue weighted by Crippen LogP contribution is -2.29. The fourth-order valence-electron chi connectivity index (χ4n) is 2.41. The SMILES string of the molecule is COc1ccc(Cl)cc1N=Nc1ccc(N(CCO)CCO)cc1C. The third-order valence-electron chi connectivity index (χ3n) is 3.69. The second kappa shape index (κ2) is 9.36. The van der Waals surface area contributed by atoms with E-state index in [4.69, 9.17) is 26.6 Å². The van der Waals surface area contributed by atoms with Gasteiger partial charge in [0.25, 0.3) is 0 Å². The van der Waals surface area contributed by atoms with Crippen LogP contribution in [0, 0.1) is 6.92 Å². The zero-order valence-corrected chi connectivity index (χ0v) is 15.1. The molecule has 0 fully saturated rings. The zero-order valence-electron chi connectivity index (χ0n) is 14.3. The number of ether oxygens (including phenoxy) is 1. The molecule has 0 aliphatic rings. The summed E-state index contributed by atoms with van der Waals surface area (Å²) in [6, 6.07) is 10.9. The second-order valence-corrected chi connectivity index (χ2v) is 5.86. The molecular formula is C18H22ClN3O3. The number of azo groups is 1. The predicted molar refractivity (Wildman–Crippen MR) is 99.7 cm³/mol. The maximum absolute atomic E-state index is 9.15. The van der Waals surface area contributed by atoms with Crippen molar-refractivity contribution in [3.8, 4) is 5.75 Å². The fraction of sp³-hybridized carbons (Fsp3) is 0.333. The predicted octanol–water partition coefficient (Wildman–Crippen LogP) is 3.86. The Hall–Kier alpha value is -2.15. The maximum atomic E-state index is 9.15. The maximum Gasteiger partial charge on any atom is 0.146 e. The summed E-state index contributed by atoms with van der Waals surface area (Å²) in [5.41, 5.74) is 3.13. The van der Waals surface area contributed by atoms with Gasteiger partial charge >= 0.3 is 0 Å². The molecule has 7 heteroatoms. The molecule has 0 saturated heterocycles. The largest absolute Gasteiger partial charge is 0.494 e. The van der Waals surface area contributed by atoms with Crippen molar-refractivity contribution in [1.29, 1.82) is 0 Å². The molecule has 0 unspecified atom stereocenters. The second-order valence-electron chi connectivity index (χ2n) is 5.42. The quantitative estimate of drug-likeness (QED) is 0.698. The van der Waals surface area contributed by atoms with Gasteiger partial charge in [0.2, 0.25) is 0 Å². The molecule has 0 aliphatic carbocycles. The average molecular weight is 364 g/mol. The number of aliphatic hydroxyl groups excluding tert-OH is 2. The van der Waals surface area contributed by atoms with E-state index in [1.54, 1.807) is 25.3 Å². The number of rotatable bonds is 8. The van der Waals surface area contributed by atoms with Gasteiger partial charge in [0.15, 0.2) is 0 Å². The van der Waals surface area contributed by atoms with Crippen molar-refractivity contribution in [1.82, 2.24) is 0 Å². The lowest BCUT2D eigenvalue weighted by molar-refractivity contribution is 0.281. The van der Waals surface area contributed by atoms with E-state index < -0.39 is 0 Å². The molecule has 134 valence electrons. The molecule has 0 saturated carbocycles. The molecular weight excluding hydrogens is 342 g/mol. The molecule has 0 amide bonds. The first kappa shape index (κ1) is 19.2. The highest BCUT2D eigenvalue weighted by Crippen LogP contribution is 2.33. The van der Waals surface area contributed by atoms with Crippen molar-refractivity contribution >= 4 is 28.7 Å². The monoisotopic (exact) mass is 363 g/mol. The standard InChI is InChI=1S/C18H22ClN3O3/c1-13-11-15(22(7-9-23)8-10-24)4-5-16(13)20-21-17-12-14(19)3-6-18(17)25-2/h3-6,11-12,23-24H,7-10H2,1-2H3. The van der Waals surface area contributed by atoms with E-state index in [0.29, 0.717) is 29.5 Å². The highest BCUT2D eigenvalue weighted by Gasteiger charge is 2.08. The zero-order chi connectivity index (χ0) is 18.2. The summed E-state index contributed by atoms with van der Waals surface area (Å²) < 4.78 is 5.26. The van der Waals surface area contributed by atoms with Crippen LogP contribution < -0.4 is 9.64 Å². The van der Waals surface area contributed by atoms with E-state index in [1.807, 2.05) is 30.0 Å². The molecule has 0 atom stereocenters. The van der Waals surface area contributed by atoms with Gasteiger partial charge in [-0.3, -0.25) is 0 Å². The minimum Gasteiger partial charge on any atom is -0.494 e. The lowest BCUT2D eigenvalue weighted by Gasteiger charge is -2.23.